The van der Waals surface area contributed by atoms with Gasteiger partial charge in [-0.15, -0.1) is 0 Å². The van der Waals surface area contributed by atoms with Crippen LogP contribution in [0.2, 0.25) is 0 Å². The number of aryl methyl sites for hydroxylation is 1. The highest BCUT2D eigenvalue weighted by Crippen LogP contribution is 2.35. The summed E-state index contributed by atoms with van der Waals surface area (Å²) in [4.78, 5) is 41.0. The van der Waals surface area contributed by atoms with Crippen LogP contribution in [0.25, 0.3) is 11.1 Å². The number of hydrogen-bond donors (Lipinski definition) is 1. The number of morpholine rings is 1. The number of carbonyl (C=O) groups excluding carboxylic acids is 3. The topological polar surface area (TPSA) is 88.2 Å². The van der Waals surface area contributed by atoms with E-state index in [-0.39, 0.29) is 18.1 Å². The molecule has 1 atom stereocenters. The average Bonchev–Trinajstić information content (AvgIpc) is 2.85. The Bertz CT molecular complexity index is 1070. The van der Waals surface area contributed by atoms with Gasteiger partial charge in [-0.2, -0.15) is 0 Å². The minimum absolute atomic E-state index is 0.0710. The van der Waals surface area contributed by atoms with Crippen molar-refractivity contribution in [3.63, 3.8) is 0 Å². The molecule has 0 radical (unpaired) electrons. The van der Waals surface area contributed by atoms with Crippen LogP contribution < -0.4 is 10.1 Å². The molecule has 1 aliphatic heterocycles. The van der Waals surface area contributed by atoms with Crippen molar-refractivity contribution in [1.29, 1.82) is 0 Å². The largest absolute Gasteiger partial charge is 0.496 e. The third kappa shape index (κ3) is 5.20. The molecule has 1 saturated heterocycles. The lowest BCUT2D eigenvalue weighted by Crippen LogP contribution is -2.51. The van der Waals surface area contributed by atoms with Gasteiger partial charge in [-0.25, -0.2) is 4.39 Å². The van der Waals surface area contributed by atoms with E-state index in [9.17, 15) is 18.8 Å². The Kier molecular flexibility index (Phi) is 8.22. The molecule has 1 N–H and O–H groups in total. The quantitative estimate of drug-likeness (QED) is 0.598. The van der Waals surface area contributed by atoms with Crippen LogP contribution in [0.4, 0.5) is 10.1 Å². The Hall–Kier alpha value is -3.46. The van der Waals surface area contributed by atoms with Gasteiger partial charge in [0.2, 0.25) is 12.3 Å². The summed E-state index contributed by atoms with van der Waals surface area (Å²) < 4.78 is 24.8. The molecule has 9 heteroatoms. The van der Waals surface area contributed by atoms with E-state index < -0.39 is 17.8 Å². The highest BCUT2D eigenvalue weighted by molar-refractivity contribution is 6.07. The Balaban J connectivity index is 2.10. The number of amides is 3. The third-order valence-electron chi connectivity index (χ3n) is 5.95. The van der Waals surface area contributed by atoms with Crippen LogP contribution in [0, 0.1) is 12.7 Å². The normalized spacial score (nSPS) is 15.6. The predicted octanol–water partition coefficient (Wildman–Crippen LogP) is 3.09. The SMILES string of the molecule is CCN(CC)C(=O)c1cc(-c2cc(F)ccc2OC)cc(C)c1NC(=O)C1COCCN1C=O. The molecule has 3 rings (SSSR count). The molecular weight excluding hydrogens is 441 g/mol. The Morgan fingerprint density at radius 3 is 2.65 bits per heavy atom. The number of nitrogens with zero attached hydrogens (tertiary/aromatic N) is 2. The zero-order valence-corrected chi connectivity index (χ0v) is 19.9. The molecule has 1 heterocycles. The second-order valence-corrected chi connectivity index (χ2v) is 7.96. The van der Waals surface area contributed by atoms with E-state index in [0.717, 1.165) is 0 Å². The summed E-state index contributed by atoms with van der Waals surface area (Å²) in [6, 6.07) is 6.77. The molecule has 1 unspecified atom stereocenters. The van der Waals surface area contributed by atoms with E-state index >= 15 is 0 Å². The van der Waals surface area contributed by atoms with E-state index in [1.165, 1.54) is 30.2 Å². The van der Waals surface area contributed by atoms with Crippen LogP contribution in [0.5, 0.6) is 5.75 Å². The number of ether oxygens (including phenoxy) is 2. The number of halogens is 1. The molecule has 2 aromatic carbocycles. The Morgan fingerprint density at radius 1 is 1.26 bits per heavy atom. The van der Waals surface area contributed by atoms with Crippen LogP contribution in [0.3, 0.4) is 0 Å². The minimum Gasteiger partial charge on any atom is -0.496 e. The van der Waals surface area contributed by atoms with Gasteiger partial charge >= 0.3 is 0 Å². The van der Waals surface area contributed by atoms with Crippen molar-refractivity contribution in [3.8, 4) is 16.9 Å². The van der Waals surface area contributed by atoms with Gasteiger partial charge in [-0.3, -0.25) is 14.4 Å². The summed E-state index contributed by atoms with van der Waals surface area (Å²) in [6.45, 7) is 7.19. The first-order valence-electron chi connectivity index (χ1n) is 11.2. The summed E-state index contributed by atoms with van der Waals surface area (Å²) >= 11 is 0. The maximum atomic E-state index is 14.1. The molecule has 1 fully saturated rings. The monoisotopic (exact) mass is 471 g/mol. The lowest BCUT2D eigenvalue weighted by molar-refractivity contribution is -0.137. The second kappa shape index (κ2) is 11.1. The first-order valence-corrected chi connectivity index (χ1v) is 11.2. The maximum Gasteiger partial charge on any atom is 0.255 e. The van der Waals surface area contributed by atoms with Gasteiger partial charge in [-0.05, 0) is 62.2 Å². The average molecular weight is 472 g/mol. The fourth-order valence-corrected chi connectivity index (χ4v) is 4.04. The molecule has 34 heavy (non-hydrogen) atoms. The third-order valence-corrected chi connectivity index (χ3v) is 5.95. The predicted molar refractivity (Wildman–Crippen MR) is 126 cm³/mol. The van der Waals surface area contributed by atoms with Crippen LogP contribution in [-0.2, 0) is 14.3 Å². The highest BCUT2D eigenvalue weighted by Gasteiger charge is 2.30. The molecular formula is C25H30FN3O5. The standard InChI is InChI=1S/C25H30FN3O5/c1-5-28(6-2)25(32)20-12-17(19-13-18(26)7-8-22(19)33-4)11-16(3)23(20)27-24(31)21-14-34-10-9-29(21)15-30/h7-8,11-13,15,21H,5-6,9-10,14H2,1-4H3,(H,27,31). The fourth-order valence-electron chi connectivity index (χ4n) is 4.04. The first kappa shape index (κ1) is 25.2. The second-order valence-electron chi connectivity index (χ2n) is 7.96. The van der Waals surface area contributed by atoms with Gasteiger partial charge in [0, 0.05) is 25.2 Å². The number of hydrogen-bond acceptors (Lipinski definition) is 5. The number of methoxy groups -OCH3 is 1. The van der Waals surface area contributed by atoms with Crippen molar-refractivity contribution in [2.24, 2.45) is 0 Å². The van der Waals surface area contributed by atoms with Crippen LogP contribution in [0.15, 0.2) is 30.3 Å². The minimum atomic E-state index is -0.801. The van der Waals surface area contributed by atoms with Gasteiger partial charge in [0.15, 0.2) is 0 Å². The number of anilines is 1. The van der Waals surface area contributed by atoms with E-state index in [0.29, 0.717) is 60.8 Å². The molecule has 0 aromatic heterocycles. The Labute approximate surface area is 198 Å². The van der Waals surface area contributed by atoms with Gasteiger partial charge in [-0.1, -0.05) is 0 Å². The lowest BCUT2D eigenvalue weighted by atomic mass is 9.96. The van der Waals surface area contributed by atoms with Gasteiger partial charge in [0.1, 0.15) is 17.6 Å². The Morgan fingerprint density at radius 2 is 2.00 bits per heavy atom. The summed E-state index contributed by atoms with van der Waals surface area (Å²) in [5.74, 6) is -0.694. The zero-order valence-electron chi connectivity index (χ0n) is 19.9. The molecule has 0 spiro atoms. The van der Waals surface area contributed by atoms with Crippen LogP contribution in [0.1, 0.15) is 29.8 Å². The van der Waals surface area contributed by atoms with Crippen LogP contribution >= 0.6 is 0 Å². The highest BCUT2D eigenvalue weighted by atomic mass is 19.1. The summed E-state index contributed by atoms with van der Waals surface area (Å²) in [5.41, 5.74) is 2.30. The number of nitrogens with one attached hydrogen (secondary N) is 1. The molecule has 2 aromatic rings. The molecule has 3 amide bonds. The number of rotatable bonds is 8. The molecule has 182 valence electrons. The van der Waals surface area contributed by atoms with Crippen LogP contribution in [-0.4, -0.2) is 74.0 Å². The molecule has 0 aliphatic carbocycles. The summed E-state index contributed by atoms with van der Waals surface area (Å²) in [6.07, 6.45) is 0.626. The number of benzene rings is 2. The van der Waals surface area contributed by atoms with Crippen molar-refractivity contribution in [2.45, 2.75) is 26.8 Å². The van der Waals surface area contributed by atoms with Crippen molar-refractivity contribution in [1.82, 2.24) is 9.80 Å². The van der Waals surface area contributed by atoms with E-state index in [1.807, 2.05) is 13.8 Å². The van der Waals surface area contributed by atoms with Gasteiger partial charge < -0.3 is 24.6 Å². The van der Waals surface area contributed by atoms with E-state index in [2.05, 4.69) is 5.32 Å². The van der Waals surface area contributed by atoms with Gasteiger partial charge in [0.25, 0.3) is 5.91 Å². The van der Waals surface area contributed by atoms with Crippen molar-refractivity contribution in [2.75, 3.05) is 45.3 Å². The molecule has 0 bridgehead atoms. The first-order chi connectivity index (χ1) is 16.3. The maximum absolute atomic E-state index is 14.1. The molecule has 0 saturated carbocycles. The number of carbonyl (C=O) groups is 3. The van der Waals surface area contributed by atoms with E-state index in [1.54, 1.807) is 24.0 Å². The summed E-state index contributed by atoms with van der Waals surface area (Å²) in [5, 5.41) is 2.84. The fraction of sp³-hybridized carbons (Fsp3) is 0.400. The molecule has 8 nitrogen and oxygen atoms in total. The van der Waals surface area contributed by atoms with Crippen molar-refractivity contribution in [3.05, 3.63) is 47.3 Å². The zero-order chi connectivity index (χ0) is 24.8. The lowest BCUT2D eigenvalue weighted by Gasteiger charge is -2.32. The molecule has 1 aliphatic rings. The van der Waals surface area contributed by atoms with Gasteiger partial charge in [0.05, 0.1) is 31.6 Å². The van der Waals surface area contributed by atoms with Crippen molar-refractivity contribution >= 4 is 23.9 Å². The van der Waals surface area contributed by atoms with Crippen molar-refractivity contribution < 1.29 is 28.2 Å². The van der Waals surface area contributed by atoms with E-state index in [4.69, 9.17) is 9.47 Å². The smallest absolute Gasteiger partial charge is 0.255 e. The summed E-state index contributed by atoms with van der Waals surface area (Å²) in [7, 11) is 1.49.